The number of amidine groups is 1. The summed E-state index contributed by atoms with van der Waals surface area (Å²) in [4.78, 5) is 15.7. The third kappa shape index (κ3) is 5.40. The molecule has 9 heteroatoms. The number of esters is 1. The van der Waals surface area contributed by atoms with Gasteiger partial charge in [-0.05, 0) is 12.1 Å². The van der Waals surface area contributed by atoms with E-state index >= 15 is 0 Å². The number of aromatic nitrogens is 2. The Kier molecular flexibility index (Phi) is 7.71. The number of ether oxygens (including phenoxy) is 1. The molecular weight excluding hydrogens is 380 g/mol. The number of methoxy groups -OCH3 is 1. The third-order valence-electron chi connectivity index (χ3n) is 4.70. The van der Waals surface area contributed by atoms with Gasteiger partial charge in [-0.3, -0.25) is 15.1 Å². The van der Waals surface area contributed by atoms with Gasteiger partial charge in [0.2, 0.25) is 0 Å². The van der Waals surface area contributed by atoms with E-state index in [1.165, 1.54) is 7.11 Å². The molecule has 0 spiro atoms. The highest BCUT2D eigenvalue weighted by Gasteiger charge is 2.19. The molecule has 1 aromatic carbocycles. The molecule has 1 saturated heterocycles. The summed E-state index contributed by atoms with van der Waals surface area (Å²) in [5.41, 5.74) is 7.89. The summed E-state index contributed by atoms with van der Waals surface area (Å²) in [5, 5.41) is 16.1. The van der Waals surface area contributed by atoms with E-state index in [4.69, 9.17) is 11.1 Å². The van der Waals surface area contributed by atoms with Crippen LogP contribution in [0.3, 0.4) is 0 Å². The maximum atomic E-state index is 11.2. The lowest BCUT2D eigenvalue weighted by Gasteiger charge is -2.34. The number of carbonyl (C=O) groups is 1. The summed E-state index contributed by atoms with van der Waals surface area (Å²) in [6, 6.07) is 11.3. The standard InChI is InChI=1S/C19H24N6O2.ClH/c1-27-18(26)8-9-24-10-12-25(13-11-24)17-7-6-16(22-23-17)14-2-4-15(5-3-14)19(20)21;/h2-7H,8-13H2,1H3,(H3,20,21);1H. The van der Waals surface area contributed by atoms with Gasteiger partial charge in [0.1, 0.15) is 5.84 Å². The van der Waals surface area contributed by atoms with E-state index in [-0.39, 0.29) is 24.2 Å². The van der Waals surface area contributed by atoms with Crippen LogP contribution in [-0.2, 0) is 9.53 Å². The summed E-state index contributed by atoms with van der Waals surface area (Å²) in [6.07, 6.45) is 0.424. The molecule has 2 aromatic rings. The molecule has 3 N–H and O–H groups in total. The highest BCUT2D eigenvalue weighted by Crippen LogP contribution is 2.20. The van der Waals surface area contributed by atoms with E-state index in [1.807, 2.05) is 24.3 Å². The number of nitrogens with one attached hydrogen (secondary N) is 1. The molecule has 3 rings (SSSR count). The zero-order valence-electron chi connectivity index (χ0n) is 15.8. The van der Waals surface area contributed by atoms with Gasteiger partial charge >= 0.3 is 5.97 Å². The van der Waals surface area contributed by atoms with Gasteiger partial charge in [-0.25, -0.2) is 0 Å². The molecule has 0 aliphatic carbocycles. The van der Waals surface area contributed by atoms with E-state index in [0.717, 1.165) is 49.8 Å². The average Bonchev–Trinajstić information content (AvgIpc) is 2.72. The molecule has 1 aromatic heterocycles. The smallest absolute Gasteiger partial charge is 0.306 e. The second kappa shape index (κ2) is 10.0. The van der Waals surface area contributed by atoms with Crippen molar-refractivity contribution >= 4 is 30.0 Å². The van der Waals surface area contributed by atoms with Gasteiger partial charge in [0, 0.05) is 43.9 Å². The van der Waals surface area contributed by atoms with Crippen molar-refractivity contribution in [3.63, 3.8) is 0 Å². The molecule has 0 amide bonds. The predicted octanol–water partition coefficient (Wildman–Crippen LogP) is 1.53. The minimum Gasteiger partial charge on any atom is -0.469 e. The molecule has 1 fully saturated rings. The number of piperazine rings is 1. The summed E-state index contributed by atoms with van der Waals surface area (Å²) >= 11 is 0. The monoisotopic (exact) mass is 404 g/mol. The van der Waals surface area contributed by atoms with E-state index in [0.29, 0.717) is 12.0 Å². The number of nitrogens with zero attached hydrogens (tertiary/aromatic N) is 4. The van der Waals surface area contributed by atoms with E-state index in [9.17, 15) is 4.79 Å². The zero-order valence-corrected chi connectivity index (χ0v) is 16.6. The van der Waals surface area contributed by atoms with Gasteiger partial charge in [-0.1, -0.05) is 24.3 Å². The number of rotatable bonds is 6. The van der Waals surface area contributed by atoms with Crippen LogP contribution in [0.1, 0.15) is 12.0 Å². The number of nitrogens with two attached hydrogens (primary N) is 1. The van der Waals surface area contributed by atoms with Crippen LogP contribution in [0.15, 0.2) is 36.4 Å². The fourth-order valence-corrected chi connectivity index (χ4v) is 3.02. The maximum Gasteiger partial charge on any atom is 0.306 e. The van der Waals surface area contributed by atoms with Gasteiger partial charge in [0.05, 0.1) is 19.2 Å². The number of hydrogen-bond donors (Lipinski definition) is 2. The number of benzene rings is 1. The van der Waals surface area contributed by atoms with Crippen LogP contribution in [0.2, 0.25) is 0 Å². The first kappa shape index (κ1) is 21.6. The highest BCUT2D eigenvalue weighted by molar-refractivity contribution is 5.95. The van der Waals surface area contributed by atoms with Crippen LogP contribution < -0.4 is 10.6 Å². The van der Waals surface area contributed by atoms with E-state index in [2.05, 4.69) is 24.7 Å². The summed E-state index contributed by atoms with van der Waals surface area (Å²) < 4.78 is 4.69. The summed E-state index contributed by atoms with van der Waals surface area (Å²) in [6.45, 7) is 4.19. The van der Waals surface area contributed by atoms with Gasteiger partial charge < -0.3 is 15.4 Å². The number of hydrogen-bond acceptors (Lipinski definition) is 7. The van der Waals surface area contributed by atoms with Crippen molar-refractivity contribution in [3.05, 3.63) is 42.0 Å². The van der Waals surface area contributed by atoms with Crippen molar-refractivity contribution in [2.24, 2.45) is 5.73 Å². The Morgan fingerprint density at radius 1 is 1.11 bits per heavy atom. The van der Waals surface area contributed by atoms with Crippen molar-refractivity contribution in [2.75, 3.05) is 44.7 Å². The lowest BCUT2D eigenvalue weighted by Crippen LogP contribution is -2.47. The topological polar surface area (TPSA) is 108 Å². The molecule has 8 nitrogen and oxygen atoms in total. The highest BCUT2D eigenvalue weighted by atomic mass is 35.5. The van der Waals surface area contributed by atoms with Gasteiger partial charge in [-0.15, -0.1) is 22.6 Å². The molecule has 0 saturated carbocycles. The fourth-order valence-electron chi connectivity index (χ4n) is 3.02. The minimum absolute atomic E-state index is 0. The Morgan fingerprint density at radius 2 is 1.79 bits per heavy atom. The molecule has 0 unspecified atom stereocenters. The Hall–Kier alpha value is -2.71. The van der Waals surface area contributed by atoms with Crippen LogP contribution in [0, 0.1) is 5.41 Å². The molecule has 2 heterocycles. The number of anilines is 1. The van der Waals surface area contributed by atoms with Crippen LogP contribution in [0.25, 0.3) is 11.3 Å². The second-order valence-electron chi connectivity index (χ2n) is 6.42. The first-order chi connectivity index (χ1) is 13.1. The first-order valence-electron chi connectivity index (χ1n) is 8.89. The van der Waals surface area contributed by atoms with Gasteiger partial charge in [0.15, 0.2) is 5.82 Å². The van der Waals surface area contributed by atoms with E-state index in [1.54, 1.807) is 12.1 Å². The molecular formula is C19H25ClN6O2. The van der Waals surface area contributed by atoms with Gasteiger partial charge in [0.25, 0.3) is 0 Å². The Labute approximate surface area is 170 Å². The molecule has 0 bridgehead atoms. The van der Waals surface area contributed by atoms with Crippen molar-refractivity contribution in [2.45, 2.75) is 6.42 Å². The SMILES string of the molecule is COC(=O)CCN1CCN(c2ccc(-c3ccc(C(=N)N)cc3)nn2)CC1.Cl. The summed E-state index contributed by atoms with van der Waals surface area (Å²) in [7, 11) is 1.42. The fraction of sp³-hybridized carbons (Fsp3) is 0.368. The van der Waals surface area contributed by atoms with Crippen LogP contribution in [-0.4, -0.2) is 66.7 Å². The number of halogens is 1. The van der Waals surface area contributed by atoms with Gasteiger partial charge in [-0.2, -0.15) is 0 Å². The molecule has 150 valence electrons. The van der Waals surface area contributed by atoms with E-state index < -0.39 is 0 Å². The Bertz CT molecular complexity index is 789. The van der Waals surface area contributed by atoms with Crippen molar-refractivity contribution in [3.8, 4) is 11.3 Å². The number of carbonyl (C=O) groups excluding carboxylic acids is 1. The molecule has 0 radical (unpaired) electrons. The average molecular weight is 405 g/mol. The minimum atomic E-state index is -0.171. The molecule has 0 atom stereocenters. The molecule has 1 aliphatic rings. The van der Waals surface area contributed by atoms with Crippen molar-refractivity contribution in [1.82, 2.24) is 15.1 Å². The number of nitrogen functional groups attached to an aromatic ring is 1. The van der Waals surface area contributed by atoms with Crippen LogP contribution >= 0.6 is 12.4 Å². The molecule has 28 heavy (non-hydrogen) atoms. The largest absolute Gasteiger partial charge is 0.469 e. The normalized spacial score (nSPS) is 14.2. The summed E-state index contributed by atoms with van der Waals surface area (Å²) in [5.74, 6) is 0.732. The first-order valence-corrected chi connectivity index (χ1v) is 8.89. The van der Waals surface area contributed by atoms with Crippen molar-refractivity contribution in [1.29, 1.82) is 5.41 Å². The Balaban J connectivity index is 0.00000280. The van der Waals surface area contributed by atoms with Crippen LogP contribution in [0.4, 0.5) is 5.82 Å². The quantitative estimate of drug-likeness (QED) is 0.427. The zero-order chi connectivity index (χ0) is 19.2. The lowest BCUT2D eigenvalue weighted by atomic mass is 10.1. The third-order valence-corrected chi connectivity index (χ3v) is 4.70. The van der Waals surface area contributed by atoms with Crippen LogP contribution in [0.5, 0.6) is 0 Å². The maximum absolute atomic E-state index is 11.2. The molecule has 1 aliphatic heterocycles. The lowest BCUT2D eigenvalue weighted by molar-refractivity contribution is -0.141. The van der Waals surface area contributed by atoms with Crippen molar-refractivity contribution < 1.29 is 9.53 Å². The second-order valence-corrected chi connectivity index (χ2v) is 6.42. The Morgan fingerprint density at radius 3 is 2.32 bits per heavy atom. The predicted molar refractivity (Wildman–Crippen MR) is 111 cm³/mol.